The lowest BCUT2D eigenvalue weighted by molar-refractivity contribution is -0.117. The molecule has 2 aliphatic rings. The number of benzene rings is 3. The minimum atomic E-state index is -0.562. The molecule has 0 radical (unpaired) electrons. The lowest BCUT2D eigenvalue weighted by atomic mass is 10.1. The van der Waals surface area contributed by atoms with Crippen molar-refractivity contribution < 1.29 is 4.79 Å². The second kappa shape index (κ2) is 10.7. The van der Waals surface area contributed by atoms with Crippen LogP contribution in [0.25, 0.3) is 11.1 Å². The zero-order valence-electron chi connectivity index (χ0n) is 20.8. The van der Waals surface area contributed by atoms with Gasteiger partial charge in [-0.2, -0.15) is 4.98 Å². The number of hydrogen-bond acceptors (Lipinski definition) is 8. The van der Waals surface area contributed by atoms with Crippen LogP contribution in [0.2, 0.25) is 0 Å². The summed E-state index contributed by atoms with van der Waals surface area (Å²) in [6.45, 7) is 1.66. The van der Waals surface area contributed by atoms with E-state index in [1.54, 1.807) is 11.9 Å². The fraction of sp³-hybridized carbons (Fsp3) is 0.207. The van der Waals surface area contributed by atoms with Gasteiger partial charge < -0.3 is 21.3 Å². The molecule has 1 amide bonds. The minimum Gasteiger partial charge on any atom is -0.371 e. The van der Waals surface area contributed by atoms with Gasteiger partial charge in [0.1, 0.15) is 11.4 Å². The molecule has 8 nitrogen and oxygen atoms in total. The maximum Gasteiger partial charge on any atom is 0.250 e. The number of rotatable bonds is 5. The quantitative estimate of drug-likeness (QED) is 0.207. The van der Waals surface area contributed by atoms with Gasteiger partial charge in [0, 0.05) is 46.8 Å². The smallest absolute Gasteiger partial charge is 0.250 e. The molecule has 0 spiro atoms. The van der Waals surface area contributed by atoms with Gasteiger partial charge >= 0.3 is 0 Å². The molecule has 3 aromatic carbocycles. The molecule has 6 rings (SSSR count). The molecule has 1 fully saturated rings. The van der Waals surface area contributed by atoms with E-state index < -0.39 is 5.54 Å². The number of carbonyl (C=O) groups excluding carboxylic acids is 1. The maximum absolute atomic E-state index is 12.9. The van der Waals surface area contributed by atoms with Crippen molar-refractivity contribution in [3.05, 3.63) is 85.1 Å². The molecule has 38 heavy (non-hydrogen) atoms. The Morgan fingerprint density at radius 1 is 0.921 bits per heavy atom. The average Bonchev–Trinajstić information content (AvgIpc) is 3.72. The predicted octanol–water partition coefficient (Wildman–Crippen LogP) is 5.88. The molecule has 1 saturated carbocycles. The summed E-state index contributed by atoms with van der Waals surface area (Å²) >= 11 is 1.63. The molecule has 4 bridgehead atoms. The van der Waals surface area contributed by atoms with Gasteiger partial charge in [0.15, 0.2) is 0 Å². The van der Waals surface area contributed by atoms with Gasteiger partial charge in [0.25, 0.3) is 0 Å². The first-order chi connectivity index (χ1) is 18.7. The molecule has 1 aliphatic heterocycles. The van der Waals surface area contributed by atoms with E-state index in [9.17, 15) is 4.79 Å². The van der Waals surface area contributed by atoms with Crippen LogP contribution in [0.5, 0.6) is 0 Å². The zero-order chi connectivity index (χ0) is 25.8. The molecule has 1 aromatic heterocycles. The highest BCUT2D eigenvalue weighted by atomic mass is 32.2. The van der Waals surface area contributed by atoms with E-state index in [-0.39, 0.29) is 5.91 Å². The van der Waals surface area contributed by atoms with Crippen molar-refractivity contribution in [2.45, 2.75) is 29.7 Å². The van der Waals surface area contributed by atoms with Crippen LogP contribution in [0.15, 0.2) is 90.0 Å². The van der Waals surface area contributed by atoms with Crippen LogP contribution in [0.1, 0.15) is 19.3 Å². The Morgan fingerprint density at radius 3 is 2.58 bits per heavy atom. The topological polar surface area (TPSA) is 103 Å². The van der Waals surface area contributed by atoms with Crippen LogP contribution < -0.4 is 26.0 Å². The van der Waals surface area contributed by atoms with Gasteiger partial charge in [-0.15, -0.1) is 0 Å². The largest absolute Gasteiger partial charge is 0.371 e. The number of para-hydroxylation sites is 1. The highest BCUT2D eigenvalue weighted by Crippen LogP contribution is 2.40. The van der Waals surface area contributed by atoms with E-state index in [4.69, 9.17) is 4.98 Å². The summed E-state index contributed by atoms with van der Waals surface area (Å²) < 4.78 is 3.41. The number of anilines is 5. The molecule has 2 heterocycles. The van der Waals surface area contributed by atoms with Gasteiger partial charge in [-0.25, -0.2) is 4.98 Å². The maximum atomic E-state index is 12.9. The Labute approximate surface area is 226 Å². The summed E-state index contributed by atoms with van der Waals surface area (Å²) in [6.07, 6.45) is 4.42. The molecule has 0 unspecified atom stereocenters. The normalized spacial score (nSPS) is 15.9. The van der Waals surface area contributed by atoms with Gasteiger partial charge in [0.05, 0.1) is 0 Å². The zero-order valence-corrected chi connectivity index (χ0v) is 21.6. The van der Waals surface area contributed by atoms with E-state index in [1.165, 1.54) is 0 Å². The number of nitrogens with one attached hydrogen (secondary N) is 5. The van der Waals surface area contributed by atoms with Crippen molar-refractivity contribution in [2.75, 3.05) is 34.4 Å². The van der Waals surface area contributed by atoms with Crippen LogP contribution in [0, 0.1) is 0 Å². The SMILES string of the molecule is O=C(Nc1ccccc1)C1(Nc2ccc(-c3cnc4nc3NCCCNSc3cccc(c3)N4)cc2)CC1. The Morgan fingerprint density at radius 2 is 1.76 bits per heavy atom. The van der Waals surface area contributed by atoms with Gasteiger partial charge in [-0.1, -0.05) is 36.4 Å². The van der Waals surface area contributed by atoms with Crippen LogP contribution in [0.4, 0.5) is 28.8 Å². The summed E-state index contributed by atoms with van der Waals surface area (Å²) in [6, 6.07) is 25.9. The summed E-state index contributed by atoms with van der Waals surface area (Å²) in [5.74, 6) is 1.33. The number of aromatic nitrogens is 2. The number of amides is 1. The van der Waals surface area contributed by atoms with Crippen molar-refractivity contribution in [1.82, 2.24) is 14.7 Å². The number of nitrogens with zero attached hydrogens (tertiary/aromatic N) is 2. The van der Waals surface area contributed by atoms with E-state index in [1.807, 2.05) is 72.9 Å². The highest BCUT2D eigenvalue weighted by molar-refractivity contribution is 7.97. The van der Waals surface area contributed by atoms with Crippen LogP contribution in [-0.4, -0.2) is 34.5 Å². The predicted molar refractivity (Wildman–Crippen MR) is 155 cm³/mol. The highest BCUT2D eigenvalue weighted by Gasteiger charge is 2.50. The number of fused-ring (bicyclic) bond motifs is 4. The molecular weight excluding hydrogens is 494 g/mol. The van der Waals surface area contributed by atoms with E-state index in [0.29, 0.717) is 5.95 Å². The molecule has 0 saturated heterocycles. The molecule has 192 valence electrons. The van der Waals surface area contributed by atoms with Crippen molar-refractivity contribution in [3.63, 3.8) is 0 Å². The third-order valence-corrected chi connectivity index (χ3v) is 7.45. The van der Waals surface area contributed by atoms with Gasteiger partial charge in [0.2, 0.25) is 11.9 Å². The summed E-state index contributed by atoms with van der Waals surface area (Å²) in [5, 5.41) is 13.3. The molecule has 9 heteroatoms. The summed E-state index contributed by atoms with van der Waals surface area (Å²) in [7, 11) is 0. The molecule has 4 aromatic rings. The van der Waals surface area contributed by atoms with Gasteiger partial charge in [-0.05, 0) is 79.2 Å². The van der Waals surface area contributed by atoms with Crippen molar-refractivity contribution >= 4 is 46.7 Å². The van der Waals surface area contributed by atoms with Crippen molar-refractivity contribution in [1.29, 1.82) is 0 Å². The second-order valence-corrected chi connectivity index (χ2v) is 10.5. The summed E-state index contributed by atoms with van der Waals surface area (Å²) in [4.78, 5) is 23.5. The van der Waals surface area contributed by atoms with Crippen LogP contribution in [-0.2, 0) is 4.79 Å². The van der Waals surface area contributed by atoms with Crippen molar-refractivity contribution in [2.24, 2.45) is 0 Å². The Balaban J connectivity index is 1.19. The lowest BCUT2D eigenvalue weighted by Gasteiger charge is -2.19. The molecule has 0 atom stereocenters. The third kappa shape index (κ3) is 5.58. The first-order valence-corrected chi connectivity index (χ1v) is 13.6. The second-order valence-electron chi connectivity index (χ2n) is 9.49. The Hall–Kier alpha value is -4.08. The standard InChI is InChI=1S/C29H29N7OS/c37-27(33-21-6-2-1-3-7-21)29(14-15-29)36-22-12-10-20(11-13-22)25-19-31-28-34-23-8-4-9-24(18-23)38-32-17-5-16-30-26(25)35-28/h1-4,6-13,18-19,32,36H,5,14-17H2,(H,33,37)(H2,30,31,34,35). The van der Waals surface area contributed by atoms with E-state index in [2.05, 4.69) is 43.1 Å². The molecule has 1 aliphatic carbocycles. The fourth-order valence-corrected chi connectivity index (χ4v) is 5.12. The molecule has 5 N–H and O–H groups in total. The van der Waals surface area contributed by atoms with E-state index in [0.717, 1.165) is 71.3 Å². The van der Waals surface area contributed by atoms with Crippen LogP contribution in [0.3, 0.4) is 0 Å². The van der Waals surface area contributed by atoms with E-state index >= 15 is 0 Å². The van der Waals surface area contributed by atoms with Crippen molar-refractivity contribution in [3.8, 4) is 11.1 Å². The minimum absolute atomic E-state index is 0.00173. The monoisotopic (exact) mass is 523 g/mol. The first kappa shape index (κ1) is 24.3. The average molecular weight is 524 g/mol. The lowest BCUT2D eigenvalue weighted by Crippen LogP contribution is -2.36. The first-order valence-electron chi connectivity index (χ1n) is 12.8. The number of hydrogen-bond donors (Lipinski definition) is 5. The number of carbonyl (C=O) groups is 1. The fourth-order valence-electron chi connectivity index (χ4n) is 4.37. The van der Waals surface area contributed by atoms with Crippen LogP contribution >= 0.6 is 11.9 Å². The Kier molecular flexibility index (Phi) is 6.85. The molecular formula is C29H29N7OS. The summed E-state index contributed by atoms with van der Waals surface area (Å²) in [5.41, 5.74) is 4.02. The third-order valence-electron chi connectivity index (χ3n) is 6.61. The van der Waals surface area contributed by atoms with Gasteiger partial charge in [-0.3, -0.25) is 9.52 Å². The Bertz CT molecular complexity index is 1420.